The normalized spacial score (nSPS) is 10.8. The highest BCUT2D eigenvalue weighted by molar-refractivity contribution is 7.09. The quantitative estimate of drug-likeness (QED) is 0.791. The van der Waals surface area contributed by atoms with Crippen LogP contribution in [0.1, 0.15) is 10.7 Å². The third kappa shape index (κ3) is 2.71. The van der Waals surface area contributed by atoms with Crippen LogP contribution in [0.2, 0.25) is 0 Å². The Morgan fingerprint density at radius 1 is 1.16 bits per heavy atom. The van der Waals surface area contributed by atoms with E-state index in [4.69, 9.17) is 0 Å². The lowest BCUT2D eigenvalue weighted by molar-refractivity contribution is 0.980. The van der Waals surface area contributed by atoms with E-state index in [1.165, 1.54) is 0 Å². The maximum absolute atomic E-state index is 4.60. The molecule has 0 saturated carbocycles. The molecule has 0 fully saturated rings. The van der Waals surface area contributed by atoms with Gasteiger partial charge in [-0.2, -0.15) is 0 Å². The van der Waals surface area contributed by atoms with Gasteiger partial charge in [-0.25, -0.2) is 15.0 Å². The Morgan fingerprint density at radius 2 is 1.95 bits per heavy atom. The molecule has 96 valence electrons. The van der Waals surface area contributed by atoms with E-state index in [-0.39, 0.29) is 0 Å². The zero-order valence-corrected chi connectivity index (χ0v) is 11.4. The number of hydrogen-bond donors (Lipinski definition) is 1. The molecule has 0 amide bonds. The Balaban J connectivity index is 1.75. The first-order valence-electron chi connectivity index (χ1n) is 6.18. The highest BCUT2D eigenvalue weighted by Gasteiger charge is 2.04. The molecular weight excluding hydrogens is 256 g/mol. The fourth-order valence-corrected chi connectivity index (χ4v) is 2.54. The maximum atomic E-state index is 4.60. The smallest absolute Gasteiger partial charge is 0.148 e. The van der Waals surface area contributed by atoms with Gasteiger partial charge in [0.25, 0.3) is 0 Å². The second-order valence-electron chi connectivity index (χ2n) is 4.25. The van der Waals surface area contributed by atoms with Crippen LogP contribution >= 0.6 is 11.3 Å². The monoisotopic (exact) mass is 270 g/mol. The fraction of sp³-hybridized carbons (Fsp3) is 0.214. The summed E-state index contributed by atoms with van der Waals surface area (Å²) in [6.45, 7) is 2.80. The zero-order chi connectivity index (χ0) is 13.1. The second kappa shape index (κ2) is 5.32. The van der Waals surface area contributed by atoms with Gasteiger partial charge in [-0.1, -0.05) is 12.1 Å². The van der Waals surface area contributed by atoms with Crippen molar-refractivity contribution in [2.24, 2.45) is 0 Å². The SMILES string of the molecule is Cc1nc2ccccc2nc1NCCc1nccs1. The molecular formula is C14H14N4S. The lowest BCUT2D eigenvalue weighted by Gasteiger charge is -2.08. The number of nitrogens with zero attached hydrogens (tertiary/aromatic N) is 3. The predicted octanol–water partition coefficient (Wildman–Crippen LogP) is 3.05. The summed E-state index contributed by atoms with van der Waals surface area (Å²) in [5.41, 5.74) is 2.79. The number of thiazole rings is 1. The molecule has 0 saturated heterocycles. The average Bonchev–Trinajstić information content (AvgIpc) is 2.92. The molecule has 0 unspecified atom stereocenters. The van der Waals surface area contributed by atoms with E-state index in [9.17, 15) is 0 Å². The third-order valence-electron chi connectivity index (χ3n) is 2.86. The van der Waals surface area contributed by atoms with E-state index in [1.807, 2.05) is 42.8 Å². The standard InChI is InChI=1S/C14H14N4S/c1-10-14(16-7-6-13-15-8-9-19-13)18-12-5-3-2-4-11(12)17-10/h2-5,8-9H,6-7H2,1H3,(H,16,18). The van der Waals surface area contributed by atoms with Crippen molar-refractivity contribution in [2.45, 2.75) is 13.3 Å². The molecule has 2 heterocycles. The van der Waals surface area contributed by atoms with Gasteiger partial charge < -0.3 is 5.32 Å². The van der Waals surface area contributed by atoms with E-state index >= 15 is 0 Å². The van der Waals surface area contributed by atoms with Crippen molar-refractivity contribution in [2.75, 3.05) is 11.9 Å². The van der Waals surface area contributed by atoms with E-state index in [1.54, 1.807) is 11.3 Å². The Bertz CT molecular complexity index is 679. The minimum atomic E-state index is 0.821. The molecule has 0 aliphatic carbocycles. The number of benzene rings is 1. The largest absolute Gasteiger partial charge is 0.368 e. The van der Waals surface area contributed by atoms with Crippen LogP contribution in [0.25, 0.3) is 11.0 Å². The molecule has 5 heteroatoms. The molecule has 19 heavy (non-hydrogen) atoms. The molecule has 4 nitrogen and oxygen atoms in total. The van der Waals surface area contributed by atoms with Gasteiger partial charge in [0.2, 0.25) is 0 Å². The number of anilines is 1. The lowest BCUT2D eigenvalue weighted by Crippen LogP contribution is -2.08. The van der Waals surface area contributed by atoms with Crippen LogP contribution in [-0.4, -0.2) is 21.5 Å². The Labute approximate surface area is 115 Å². The van der Waals surface area contributed by atoms with Gasteiger partial charge >= 0.3 is 0 Å². The summed E-state index contributed by atoms with van der Waals surface area (Å²) < 4.78 is 0. The van der Waals surface area contributed by atoms with Crippen LogP contribution in [0.15, 0.2) is 35.8 Å². The first kappa shape index (κ1) is 12.0. The number of rotatable bonds is 4. The van der Waals surface area contributed by atoms with E-state index in [0.29, 0.717) is 0 Å². The van der Waals surface area contributed by atoms with Crippen molar-refractivity contribution >= 4 is 28.2 Å². The minimum absolute atomic E-state index is 0.821. The summed E-state index contributed by atoms with van der Waals surface area (Å²) in [4.78, 5) is 13.4. The number of nitrogens with one attached hydrogen (secondary N) is 1. The molecule has 0 atom stereocenters. The van der Waals surface area contributed by atoms with Crippen LogP contribution in [0, 0.1) is 6.92 Å². The Kier molecular flexibility index (Phi) is 3.37. The van der Waals surface area contributed by atoms with E-state index in [2.05, 4.69) is 20.3 Å². The van der Waals surface area contributed by atoms with Crippen LogP contribution in [-0.2, 0) is 6.42 Å². The summed E-state index contributed by atoms with van der Waals surface area (Å²) in [6.07, 6.45) is 2.74. The molecule has 2 aromatic heterocycles. The first-order valence-corrected chi connectivity index (χ1v) is 7.06. The van der Waals surface area contributed by atoms with Crippen molar-refractivity contribution in [1.29, 1.82) is 0 Å². The van der Waals surface area contributed by atoms with Gasteiger partial charge in [0.15, 0.2) is 0 Å². The molecule has 1 aromatic carbocycles. The van der Waals surface area contributed by atoms with Gasteiger partial charge in [0.1, 0.15) is 5.82 Å². The number of para-hydroxylation sites is 2. The molecule has 3 aromatic rings. The number of hydrogen-bond acceptors (Lipinski definition) is 5. The zero-order valence-electron chi connectivity index (χ0n) is 10.6. The molecule has 1 N–H and O–H groups in total. The van der Waals surface area contributed by atoms with Crippen molar-refractivity contribution in [3.8, 4) is 0 Å². The number of aryl methyl sites for hydroxylation is 1. The van der Waals surface area contributed by atoms with Crippen molar-refractivity contribution in [3.05, 3.63) is 46.5 Å². The van der Waals surface area contributed by atoms with Gasteiger partial charge in [0, 0.05) is 24.5 Å². The molecule has 0 radical (unpaired) electrons. The Hall–Kier alpha value is -2.01. The van der Waals surface area contributed by atoms with E-state index < -0.39 is 0 Å². The van der Waals surface area contributed by atoms with Gasteiger partial charge in [-0.15, -0.1) is 11.3 Å². The van der Waals surface area contributed by atoms with Crippen molar-refractivity contribution in [1.82, 2.24) is 15.0 Å². The van der Waals surface area contributed by atoms with Crippen LogP contribution < -0.4 is 5.32 Å². The minimum Gasteiger partial charge on any atom is -0.368 e. The van der Waals surface area contributed by atoms with Gasteiger partial charge in [-0.05, 0) is 19.1 Å². The summed E-state index contributed by atoms with van der Waals surface area (Å²) >= 11 is 1.68. The van der Waals surface area contributed by atoms with Gasteiger partial charge in [-0.3, -0.25) is 0 Å². The first-order chi connectivity index (χ1) is 9.33. The summed E-state index contributed by atoms with van der Waals surface area (Å²) in [7, 11) is 0. The lowest BCUT2D eigenvalue weighted by atomic mass is 10.3. The summed E-state index contributed by atoms with van der Waals surface area (Å²) in [6, 6.07) is 7.92. The highest BCUT2D eigenvalue weighted by Crippen LogP contribution is 2.16. The molecule has 0 aliphatic heterocycles. The van der Waals surface area contributed by atoms with Crippen LogP contribution in [0.5, 0.6) is 0 Å². The van der Waals surface area contributed by atoms with Crippen LogP contribution in [0.4, 0.5) is 5.82 Å². The average molecular weight is 270 g/mol. The summed E-state index contributed by atoms with van der Waals surface area (Å²) in [5, 5.41) is 6.47. The van der Waals surface area contributed by atoms with Crippen LogP contribution in [0.3, 0.4) is 0 Å². The van der Waals surface area contributed by atoms with Gasteiger partial charge in [0.05, 0.1) is 21.7 Å². The fourth-order valence-electron chi connectivity index (χ4n) is 1.92. The maximum Gasteiger partial charge on any atom is 0.148 e. The molecule has 3 rings (SSSR count). The van der Waals surface area contributed by atoms with Crippen molar-refractivity contribution in [3.63, 3.8) is 0 Å². The predicted molar refractivity (Wildman–Crippen MR) is 78.6 cm³/mol. The van der Waals surface area contributed by atoms with Crippen molar-refractivity contribution < 1.29 is 0 Å². The number of aromatic nitrogens is 3. The second-order valence-corrected chi connectivity index (χ2v) is 5.23. The molecule has 0 spiro atoms. The van der Waals surface area contributed by atoms with E-state index in [0.717, 1.165) is 40.5 Å². The molecule has 0 bridgehead atoms. The molecule has 0 aliphatic rings. The summed E-state index contributed by atoms with van der Waals surface area (Å²) in [5.74, 6) is 0.857. The highest BCUT2D eigenvalue weighted by atomic mass is 32.1. The topological polar surface area (TPSA) is 50.7 Å². The number of fused-ring (bicyclic) bond motifs is 1. The third-order valence-corrected chi connectivity index (χ3v) is 3.70. The Morgan fingerprint density at radius 3 is 2.68 bits per heavy atom.